The van der Waals surface area contributed by atoms with Crippen LogP contribution in [0.3, 0.4) is 0 Å². The summed E-state index contributed by atoms with van der Waals surface area (Å²) in [5.41, 5.74) is 5.36. The van der Waals surface area contributed by atoms with Crippen molar-refractivity contribution < 1.29 is 4.79 Å². The first-order valence-corrected chi connectivity index (χ1v) is 4.84. The molecule has 0 aromatic heterocycles. The van der Waals surface area contributed by atoms with Crippen molar-refractivity contribution >= 4 is 5.78 Å². The molecule has 0 spiro atoms. The summed E-state index contributed by atoms with van der Waals surface area (Å²) in [6.45, 7) is 4.44. The number of rotatable bonds is 6. The van der Waals surface area contributed by atoms with Crippen LogP contribution in [-0.4, -0.2) is 12.3 Å². The second-order valence-corrected chi connectivity index (χ2v) is 3.23. The second-order valence-electron chi connectivity index (χ2n) is 3.23. The van der Waals surface area contributed by atoms with Gasteiger partial charge in [0.1, 0.15) is 5.78 Å². The molecule has 13 heavy (non-hydrogen) atoms. The molecule has 0 aromatic rings. The quantitative estimate of drug-likeness (QED) is 0.634. The topological polar surface area (TPSA) is 43.1 Å². The summed E-state index contributed by atoms with van der Waals surface area (Å²) in [5, 5.41) is 0. The van der Waals surface area contributed by atoms with Crippen molar-refractivity contribution in [2.24, 2.45) is 11.7 Å². The Morgan fingerprint density at radius 1 is 1.54 bits per heavy atom. The van der Waals surface area contributed by atoms with E-state index in [1.807, 2.05) is 6.92 Å². The normalized spacial score (nSPS) is 11.6. The molecule has 0 heterocycles. The Kier molecular flexibility index (Phi) is 7.33. The SMILES string of the molecule is CC#CCCC(=O)C(C)CCCN. The summed E-state index contributed by atoms with van der Waals surface area (Å²) in [6, 6.07) is 0. The van der Waals surface area contributed by atoms with E-state index in [1.54, 1.807) is 6.92 Å². The van der Waals surface area contributed by atoms with Crippen LogP contribution < -0.4 is 5.73 Å². The highest BCUT2D eigenvalue weighted by Gasteiger charge is 2.10. The number of Topliss-reactive ketones (excluding diaryl/α,β-unsaturated/α-hetero) is 1. The van der Waals surface area contributed by atoms with Crippen molar-refractivity contribution in [2.45, 2.75) is 39.5 Å². The Labute approximate surface area is 80.9 Å². The molecule has 0 aliphatic carbocycles. The largest absolute Gasteiger partial charge is 0.330 e. The molecule has 0 rings (SSSR count). The van der Waals surface area contributed by atoms with Crippen LogP contribution in [0.25, 0.3) is 0 Å². The van der Waals surface area contributed by atoms with Crippen molar-refractivity contribution in [3.05, 3.63) is 0 Å². The van der Waals surface area contributed by atoms with E-state index in [4.69, 9.17) is 5.73 Å². The van der Waals surface area contributed by atoms with Crippen LogP contribution in [0.1, 0.15) is 39.5 Å². The van der Waals surface area contributed by atoms with Gasteiger partial charge in [-0.15, -0.1) is 11.8 Å². The molecule has 0 bridgehead atoms. The molecule has 0 aromatic carbocycles. The molecule has 0 aliphatic heterocycles. The van der Waals surface area contributed by atoms with Crippen molar-refractivity contribution in [1.82, 2.24) is 0 Å². The molecule has 0 aliphatic rings. The Balaban J connectivity index is 3.60. The van der Waals surface area contributed by atoms with E-state index in [0.717, 1.165) is 12.8 Å². The smallest absolute Gasteiger partial charge is 0.136 e. The van der Waals surface area contributed by atoms with Crippen molar-refractivity contribution in [2.75, 3.05) is 6.54 Å². The van der Waals surface area contributed by atoms with Gasteiger partial charge in [0.05, 0.1) is 0 Å². The molecule has 0 saturated heterocycles. The van der Waals surface area contributed by atoms with Crippen LogP contribution in [0.4, 0.5) is 0 Å². The summed E-state index contributed by atoms with van der Waals surface area (Å²) in [5.74, 6) is 6.15. The maximum absolute atomic E-state index is 11.4. The summed E-state index contributed by atoms with van der Waals surface area (Å²) in [6.07, 6.45) is 3.14. The van der Waals surface area contributed by atoms with Crippen molar-refractivity contribution in [3.8, 4) is 11.8 Å². The lowest BCUT2D eigenvalue weighted by Crippen LogP contribution is -2.12. The molecule has 0 fully saturated rings. The van der Waals surface area contributed by atoms with Crippen LogP contribution in [0, 0.1) is 17.8 Å². The first-order chi connectivity index (χ1) is 6.22. The first kappa shape index (κ1) is 12.2. The van der Waals surface area contributed by atoms with Crippen molar-refractivity contribution in [3.63, 3.8) is 0 Å². The molecular weight excluding hydrogens is 162 g/mol. The predicted octanol–water partition coefficient (Wildman–Crippen LogP) is 1.73. The van der Waals surface area contributed by atoms with Crippen LogP contribution >= 0.6 is 0 Å². The van der Waals surface area contributed by atoms with E-state index in [2.05, 4.69) is 11.8 Å². The van der Waals surface area contributed by atoms with Gasteiger partial charge in [-0.2, -0.15) is 0 Å². The molecule has 1 atom stereocenters. The Morgan fingerprint density at radius 2 is 2.23 bits per heavy atom. The van der Waals surface area contributed by atoms with Gasteiger partial charge in [0, 0.05) is 18.8 Å². The van der Waals surface area contributed by atoms with Gasteiger partial charge in [-0.05, 0) is 26.3 Å². The summed E-state index contributed by atoms with van der Waals surface area (Å²) in [7, 11) is 0. The molecule has 0 saturated carbocycles. The lowest BCUT2D eigenvalue weighted by Gasteiger charge is -2.07. The minimum Gasteiger partial charge on any atom is -0.330 e. The third-order valence-electron chi connectivity index (χ3n) is 2.06. The number of carbonyl (C=O) groups excluding carboxylic acids is 1. The van der Waals surface area contributed by atoms with E-state index in [0.29, 0.717) is 25.2 Å². The average molecular weight is 181 g/mol. The minimum absolute atomic E-state index is 0.155. The molecule has 74 valence electrons. The fourth-order valence-electron chi connectivity index (χ4n) is 1.14. The zero-order valence-corrected chi connectivity index (χ0v) is 8.60. The van der Waals surface area contributed by atoms with Gasteiger partial charge < -0.3 is 5.73 Å². The molecule has 2 N–H and O–H groups in total. The van der Waals surface area contributed by atoms with Gasteiger partial charge >= 0.3 is 0 Å². The van der Waals surface area contributed by atoms with E-state index < -0.39 is 0 Å². The Bertz CT molecular complexity index is 200. The second kappa shape index (κ2) is 7.82. The standard InChI is InChI=1S/C11H19NO/c1-3-4-5-8-11(13)10(2)7-6-9-12/h10H,5-9,12H2,1-2H3. The van der Waals surface area contributed by atoms with Crippen LogP contribution in [0.15, 0.2) is 0 Å². The zero-order chi connectivity index (χ0) is 10.1. The molecular formula is C11H19NO. The number of hydrogen-bond acceptors (Lipinski definition) is 2. The van der Waals surface area contributed by atoms with Gasteiger partial charge in [-0.1, -0.05) is 6.92 Å². The first-order valence-electron chi connectivity index (χ1n) is 4.84. The number of hydrogen-bond donors (Lipinski definition) is 1. The average Bonchev–Trinajstić information content (AvgIpc) is 2.14. The fourth-order valence-corrected chi connectivity index (χ4v) is 1.14. The highest BCUT2D eigenvalue weighted by Crippen LogP contribution is 2.09. The third-order valence-corrected chi connectivity index (χ3v) is 2.06. The van der Waals surface area contributed by atoms with E-state index in [1.165, 1.54) is 0 Å². The lowest BCUT2D eigenvalue weighted by molar-refractivity contribution is -0.122. The molecule has 1 unspecified atom stereocenters. The molecule has 2 nitrogen and oxygen atoms in total. The van der Waals surface area contributed by atoms with Crippen LogP contribution in [-0.2, 0) is 4.79 Å². The Morgan fingerprint density at radius 3 is 2.77 bits per heavy atom. The van der Waals surface area contributed by atoms with Crippen LogP contribution in [0.2, 0.25) is 0 Å². The minimum atomic E-state index is 0.155. The van der Waals surface area contributed by atoms with Gasteiger partial charge in [0.2, 0.25) is 0 Å². The summed E-state index contributed by atoms with van der Waals surface area (Å²) >= 11 is 0. The predicted molar refractivity (Wildman–Crippen MR) is 55.1 cm³/mol. The number of nitrogens with two attached hydrogens (primary N) is 1. The van der Waals surface area contributed by atoms with Gasteiger partial charge in [-0.25, -0.2) is 0 Å². The molecule has 2 heteroatoms. The fraction of sp³-hybridized carbons (Fsp3) is 0.727. The molecule has 0 radical (unpaired) electrons. The monoisotopic (exact) mass is 181 g/mol. The van der Waals surface area contributed by atoms with Gasteiger partial charge in [0.15, 0.2) is 0 Å². The zero-order valence-electron chi connectivity index (χ0n) is 8.60. The maximum Gasteiger partial charge on any atom is 0.136 e. The summed E-state index contributed by atoms with van der Waals surface area (Å²) < 4.78 is 0. The third kappa shape index (κ3) is 6.36. The van der Waals surface area contributed by atoms with Crippen molar-refractivity contribution in [1.29, 1.82) is 0 Å². The van der Waals surface area contributed by atoms with E-state index in [-0.39, 0.29) is 5.92 Å². The maximum atomic E-state index is 11.4. The van der Waals surface area contributed by atoms with Crippen LogP contribution in [0.5, 0.6) is 0 Å². The molecule has 0 amide bonds. The summed E-state index contributed by atoms with van der Waals surface area (Å²) in [4.78, 5) is 11.4. The lowest BCUT2D eigenvalue weighted by atomic mass is 9.97. The highest BCUT2D eigenvalue weighted by molar-refractivity contribution is 5.80. The van der Waals surface area contributed by atoms with Gasteiger partial charge in [-0.3, -0.25) is 4.79 Å². The van der Waals surface area contributed by atoms with E-state index >= 15 is 0 Å². The van der Waals surface area contributed by atoms with Gasteiger partial charge in [0.25, 0.3) is 0 Å². The number of ketones is 1. The van der Waals surface area contributed by atoms with E-state index in [9.17, 15) is 4.79 Å². The highest BCUT2D eigenvalue weighted by atomic mass is 16.1. The number of carbonyl (C=O) groups is 1. The Hall–Kier alpha value is -0.810.